The van der Waals surface area contributed by atoms with E-state index >= 15 is 0 Å². The van der Waals surface area contributed by atoms with Crippen molar-refractivity contribution in [1.82, 2.24) is 4.90 Å². The van der Waals surface area contributed by atoms with Crippen LogP contribution in [-0.4, -0.2) is 40.9 Å². The van der Waals surface area contributed by atoms with Crippen molar-refractivity contribution in [3.05, 3.63) is 0 Å². The van der Waals surface area contributed by atoms with E-state index in [-0.39, 0.29) is 5.92 Å². The van der Waals surface area contributed by atoms with Gasteiger partial charge in [0.1, 0.15) is 11.3 Å². The van der Waals surface area contributed by atoms with E-state index in [4.69, 9.17) is 0 Å². The minimum absolute atomic E-state index is 0.276. The van der Waals surface area contributed by atoms with Crippen LogP contribution in [0.5, 0.6) is 0 Å². The maximum atomic E-state index is 11.4. The molecule has 4 heteroatoms. The summed E-state index contributed by atoms with van der Waals surface area (Å²) in [6, 6.07) is 0. The van der Waals surface area contributed by atoms with Gasteiger partial charge in [-0.25, -0.2) is 0 Å². The molecular formula is C12H19NO3. The highest BCUT2D eigenvalue weighted by Gasteiger charge is 2.47. The lowest BCUT2D eigenvalue weighted by Gasteiger charge is -2.48. The molecule has 1 heterocycles. The molecular weight excluding hydrogens is 206 g/mol. The monoisotopic (exact) mass is 225 g/mol. The number of nitrogens with zero attached hydrogens (tertiary/aromatic N) is 1. The number of likely N-dealkylation sites (N-methyl/N-ethyl adjacent to an activating group) is 1. The minimum Gasteiger partial charge on any atom is -0.480 e. The molecule has 1 aliphatic carbocycles. The number of piperidine rings is 1. The van der Waals surface area contributed by atoms with Gasteiger partial charge < -0.3 is 5.11 Å². The molecule has 90 valence electrons. The Kier molecular flexibility index (Phi) is 2.78. The summed E-state index contributed by atoms with van der Waals surface area (Å²) in [6.45, 7) is 2.57. The van der Waals surface area contributed by atoms with Crippen LogP contribution in [-0.2, 0) is 9.59 Å². The first-order valence-corrected chi connectivity index (χ1v) is 5.90. The number of aliphatic carboxylic acids is 1. The van der Waals surface area contributed by atoms with Crippen LogP contribution in [0.1, 0.15) is 32.6 Å². The summed E-state index contributed by atoms with van der Waals surface area (Å²) in [5.74, 6) is 0.318. The van der Waals surface area contributed by atoms with Gasteiger partial charge in [-0.3, -0.25) is 14.5 Å². The molecule has 1 saturated carbocycles. The summed E-state index contributed by atoms with van der Waals surface area (Å²) >= 11 is 0. The smallest absolute Gasteiger partial charge is 0.323 e. The van der Waals surface area contributed by atoms with Crippen molar-refractivity contribution >= 4 is 11.8 Å². The van der Waals surface area contributed by atoms with Gasteiger partial charge in [0, 0.05) is 19.4 Å². The molecule has 0 spiro atoms. The quantitative estimate of drug-likeness (QED) is 0.727. The van der Waals surface area contributed by atoms with E-state index in [0.29, 0.717) is 31.0 Å². The Bertz CT molecular complexity index is 328. The van der Waals surface area contributed by atoms with Crippen molar-refractivity contribution in [2.75, 3.05) is 13.6 Å². The SMILES string of the molecule is CN1C[C@@H]2CCC(=O)C[C@@H]2C[C@@]1(C)C(=O)O. The van der Waals surface area contributed by atoms with Gasteiger partial charge in [0.2, 0.25) is 0 Å². The van der Waals surface area contributed by atoms with Gasteiger partial charge in [-0.15, -0.1) is 0 Å². The fraction of sp³-hybridized carbons (Fsp3) is 0.833. The molecule has 0 bridgehead atoms. The largest absolute Gasteiger partial charge is 0.480 e. The average Bonchev–Trinajstić information content (AvgIpc) is 2.20. The van der Waals surface area contributed by atoms with Crippen molar-refractivity contribution in [2.24, 2.45) is 11.8 Å². The van der Waals surface area contributed by atoms with E-state index in [1.54, 1.807) is 6.92 Å². The molecule has 1 aliphatic heterocycles. The Labute approximate surface area is 95.6 Å². The predicted octanol–water partition coefficient (Wildman–Crippen LogP) is 1.15. The summed E-state index contributed by atoms with van der Waals surface area (Å²) in [5, 5.41) is 9.30. The van der Waals surface area contributed by atoms with Crippen molar-refractivity contribution in [1.29, 1.82) is 0 Å². The van der Waals surface area contributed by atoms with E-state index in [2.05, 4.69) is 0 Å². The maximum Gasteiger partial charge on any atom is 0.323 e. The van der Waals surface area contributed by atoms with Gasteiger partial charge in [0.05, 0.1) is 0 Å². The molecule has 0 radical (unpaired) electrons. The van der Waals surface area contributed by atoms with Crippen LogP contribution in [0.4, 0.5) is 0 Å². The van der Waals surface area contributed by atoms with Gasteiger partial charge >= 0.3 is 5.97 Å². The lowest BCUT2D eigenvalue weighted by molar-refractivity contribution is -0.156. The summed E-state index contributed by atoms with van der Waals surface area (Å²) in [7, 11) is 1.88. The van der Waals surface area contributed by atoms with Crippen LogP contribution >= 0.6 is 0 Å². The number of Topliss-reactive ketones (excluding diaryl/α,β-unsaturated/α-hetero) is 1. The normalized spacial score (nSPS) is 40.5. The molecule has 0 aromatic carbocycles. The molecule has 4 nitrogen and oxygen atoms in total. The van der Waals surface area contributed by atoms with E-state index in [1.807, 2.05) is 11.9 Å². The molecule has 3 atom stereocenters. The van der Waals surface area contributed by atoms with Gasteiger partial charge in [0.25, 0.3) is 0 Å². The molecule has 16 heavy (non-hydrogen) atoms. The minimum atomic E-state index is -0.793. The Balaban J connectivity index is 2.17. The average molecular weight is 225 g/mol. The number of hydrogen-bond acceptors (Lipinski definition) is 3. The highest BCUT2D eigenvalue weighted by molar-refractivity contribution is 5.81. The van der Waals surface area contributed by atoms with Crippen LogP contribution in [0, 0.1) is 11.8 Å². The molecule has 2 aliphatic rings. The number of hydrogen-bond donors (Lipinski definition) is 1. The summed E-state index contributed by atoms with van der Waals surface area (Å²) in [5.41, 5.74) is -0.793. The summed E-state index contributed by atoms with van der Waals surface area (Å²) in [4.78, 5) is 24.7. The highest BCUT2D eigenvalue weighted by Crippen LogP contribution is 2.41. The zero-order valence-electron chi connectivity index (χ0n) is 9.90. The number of likely N-dealkylation sites (tertiary alicyclic amines) is 1. The molecule has 0 amide bonds. The van der Waals surface area contributed by atoms with Crippen LogP contribution in [0.25, 0.3) is 0 Å². The zero-order chi connectivity index (χ0) is 11.9. The Hall–Kier alpha value is -0.900. The molecule has 2 fully saturated rings. The fourth-order valence-corrected chi connectivity index (χ4v) is 3.09. The Morgan fingerprint density at radius 1 is 1.50 bits per heavy atom. The van der Waals surface area contributed by atoms with Gasteiger partial charge in [-0.1, -0.05) is 0 Å². The molecule has 0 aromatic rings. The molecule has 1 saturated heterocycles. The van der Waals surface area contributed by atoms with E-state index in [0.717, 1.165) is 13.0 Å². The summed E-state index contributed by atoms with van der Waals surface area (Å²) in [6.07, 6.45) is 2.80. The van der Waals surface area contributed by atoms with Gasteiger partial charge in [0.15, 0.2) is 0 Å². The van der Waals surface area contributed by atoms with Gasteiger partial charge in [-0.05, 0) is 38.6 Å². The van der Waals surface area contributed by atoms with Crippen molar-refractivity contribution in [3.63, 3.8) is 0 Å². The van der Waals surface area contributed by atoms with E-state index in [9.17, 15) is 14.7 Å². The number of carboxylic acid groups (broad SMARTS) is 1. The van der Waals surface area contributed by atoms with Crippen LogP contribution < -0.4 is 0 Å². The van der Waals surface area contributed by atoms with Crippen molar-refractivity contribution in [3.8, 4) is 0 Å². The number of fused-ring (bicyclic) bond motifs is 1. The standard InChI is InChI=1S/C12H19NO3/c1-12(11(15)16)6-9-5-10(14)4-3-8(9)7-13(12)2/h8-9H,3-7H2,1-2H3,(H,15,16)/t8-,9+,12-/m0/s1. The second-order valence-corrected chi connectivity index (χ2v) is 5.47. The molecule has 2 rings (SSSR count). The third-order valence-electron chi connectivity index (χ3n) is 4.42. The lowest BCUT2D eigenvalue weighted by Crippen LogP contribution is -2.58. The summed E-state index contributed by atoms with van der Waals surface area (Å²) < 4.78 is 0. The highest BCUT2D eigenvalue weighted by atomic mass is 16.4. The number of ketones is 1. The number of carbonyl (C=O) groups is 2. The van der Waals surface area contributed by atoms with Crippen LogP contribution in [0.2, 0.25) is 0 Å². The van der Waals surface area contributed by atoms with E-state index in [1.165, 1.54) is 0 Å². The van der Waals surface area contributed by atoms with Crippen molar-refractivity contribution < 1.29 is 14.7 Å². The number of carboxylic acids is 1. The topological polar surface area (TPSA) is 57.6 Å². The molecule has 1 N–H and O–H groups in total. The van der Waals surface area contributed by atoms with Crippen molar-refractivity contribution in [2.45, 2.75) is 38.1 Å². The third kappa shape index (κ3) is 1.75. The number of rotatable bonds is 1. The molecule has 0 unspecified atom stereocenters. The first-order chi connectivity index (χ1) is 7.43. The third-order valence-corrected chi connectivity index (χ3v) is 4.42. The Morgan fingerprint density at radius 3 is 2.81 bits per heavy atom. The zero-order valence-corrected chi connectivity index (χ0v) is 9.90. The van der Waals surface area contributed by atoms with Crippen LogP contribution in [0.3, 0.4) is 0 Å². The number of carbonyl (C=O) groups excluding carboxylic acids is 1. The van der Waals surface area contributed by atoms with Gasteiger partial charge in [-0.2, -0.15) is 0 Å². The lowest BCUT2D eigenvalue weighted by atomic mass is 9.69. The maximum absolute atomic E-state index is 11.4. The molecule has 0 aromatic heterocycles. The first kappa shape index (κ1) is 11.6. The first-order valence-electron chi connectivity index (χ1n) is 5.90. The van der Waals surface area contributed by atoms with Crippen LogP contribution in [0.15, 0.2) is 0 Å². The fourth-order valence-electron chi connectivity index (χ4n) is 3.09. The van der Waals surface area contributed by atoms with E-state index < -0.39 is 11.5 Å². The second-order valence-electron chi connectivity index (χ2n) is 5.47. The second kappa shape index (κ2) is 3.84. The predicted molar refractivity (Wildman–Crippen MR) is 59.1 cm³/mol. The Morgan fingerprint density at radius 2 is 2.19 bits per heavy atom.